The summed E-state index contributed by atoms with van der Waals surface area (Å²) in [5, 5.41) is 29.9. The van der Waals surface area contributed by atoms with Crippen molar-refractivity contribution < 1.29 is 66.6 Å². The number of aliphatic hydroxyl groups excluding tert-OH is 1. The molecule has 0 radical (unpaired) electrons. The highest BCUT2D eigenvalue weighted by Crippen LogP contribution is 2.66. The third-order valence-corrected chi connectivity index (χ3v) is 6.89. The summed E-state index contributed by atoms with van der Waals surface area (Å²) in [4.78, 5) is 55.2. The van der Waals surface area contributed by atoms with Gasteiger partial charge in [-0.05, 0) is 6.07 Å². The molecule has 19 nitrogen and oxygen atoms in total. The summed E-state index contributed by atoms with van der Waals surface area (Å²) in [6.07, 6.45) is -3.34. The van der Waals surface area contributed by atoms with Crippen molar-refractivity contribution in [2.45, 2.75) is 18.1 Å². The van der Waals surface area contributed by atoms with Crippen molar-refractivity contribution >= 4 is 29.3 Å². The van der Waals surface area contributed by atoms with E-state index in [4.69, 9.17) is 25.3 Å². The molecule has 0 spiro atoms. The summed E-state index contributed by atoms with van der Waals surface area (Å²) in [6.45, 7) is -1.23. The fourth-order valence-corrected chi connectivity index (χ4v) is 5.01. The number of nitrogens with zero attached hydrogens (tertiary/aromatic N) is 3. The molecule has 0 amide bonds. The summed E-state index contributed by atoms with van der Waals surface area (Å²) < 4.78 is 45.0. The van der Waals surface area contributed by atoms with Crippen molar-refractivity contribution in [3.8, 4) is 0 Å². The first-order valence-corrected chi connectivity index (χ1v) is 11.7. The number of aliphatic hydroxyl groups is 3. The van der Waals surface area contributed by atoms with E-state index in [0.29, 0.717) is 4.68 Å². The Morgan fingerprint density at radius 1 is 1.17 bits per heavy atom. The lowest BCUT2D eigenvalue weighted by atomic mass is 10.2. The number of hydroxylamine groups is 1. The predicted octanol–water partition coefficient (Wildman–Crippen LogP) is -3.58. The summed E-state index contributed by atoms with van der Waals surface area (Å²) in [5.74, 6) is -3.53. The van der Waals surface area contributed by atoms with E-state index in [-0.39, 0.29) is 11.0 Å². The molecule has 1 aromatic heterocycles. The summed E-state index contributed by atoms with van der Waals surface area (Å²) >= 11 is 0. The summed E-state index contributed by atoms with van der Waals surface area (Å²) in [6, 6.07) is 1.05. The first-order chi connectivity index (χ1) is 13.4. The van der Waals surface area contributed by atoms with Gasteiger partial charge >= 0.3 is 35.1 Å². The van der Waals surface area contributed by atoms with E-state index in [1.807, 2.05) is 0 Å². The quantitative estimate of drug-likeness (QED) is 0.126. The first-order valence-electron chi connectivity index (χ1n) is 7.17. The highest BCUT2D eigenvalue weighted by atomic mass is 31.3. The molecule has 172 valence electrons. The SMILES string of the molecule is Nc1ccn(N2O[C@H](COP(=O)(O)OP(=O)(O)OP(=O)(O)O)[C@@H](O)C2(O)O)c(=O)n1. The molecule has 1 saturated heterocycles. The normalized spacial score (nSPS) is 25.6. The Morgan fingerprint density at radius 2 is 1.77 bits per heavy atom. The molecule has 22 heteroatoms. The van der Waals surface area contributed by atoms with Crippen LogP contribution in [0.4, 0.5) is 5.82 Å². The molecule has 0 bridgehead atoms. The number of anilines is 1. The van der Waals surface area contributed by atoms with Gasteiger partial charge in [-0.1, -0.05) is 0 Å². The van der Waals surface area contributed by atoms with Crippen LogP contribution in [-0.4, -0.2) is 69.3 Å². The van der Waals surface area contributed by atoms with Gasteiger partial charge in [-0.2, -0.15) is 18.3 Å². The third-order valence-electron chi connectivity index (χ3n) is 3.09. The minimum Gasteiger partial charge on any atom is -0.383 e. The maximum Gasteiger partial charge on any atom is 0.490 e. The minimum atomic E-state index is -5.79. The van der Waals surface area contributed by atoms with E-state index in [1.54, 1.807) is 0 Å². The van der Waals surface area contributed by atoms with Crippen LogP contribution >= 0.6 is 23.5 Å². The van der Waals surface area contributed by atoms with Crippen molar-refractivity contribution in [1.29, 1.82) is 0 Å². The molecule has 0 aromatic carbocycles. The highest BCUT2D eigenvalue weighted by Gasteiger charge is 2.56. The van der Waals surface area contributed by atoms with Crippen LogP contribution in [0.2, 0.25) is 0 Å². The average molecular weight is 500 g/mol. The molecule has 1 aliphatic heterocycles. The van der Waals surface area contributed by atoms with Gasteiger partial charge in [0.1, 0.15) is 11.9 Å². The maximum absolute atomic E-state index is 11.8. The zero-order valence-corrected chi connectivity index (χ0v) is 16.9. The fraction of sp³-hybridized carbons (Fsp3) is 0.500. The molecule has 1 aromatic rings. The van der Waals surface area contributed by atoms with Crippen LogP contribution in [0.15, 0.2) is 17.1 Å². The van der Waals surface area contributed by atoms with E-state index in [0.717, 1.165) is 12.3 Å². The van der Waals surface area contributed by atoms with Crippen molar-refractivity contribution in [3.63, 3.8) is 0 Å². The molecule has 1 fully saturated rings. The minimum absolute atomic E-state index is 0.0253. The number of nitrogen functional groups attached to an aromatic ring is 1. The Bertz CT molecular complexity index is 990. The molecular formula is C8H15N4O15P3. The number of rotatable bonds is 8. The molecule has 1 aliphatic rings. The smallest absolute Gasteiger partial charge is 0.383 e. The van der Waals surface area contributed by atoms with Gasteiger partial charge in [0, 0.05) is 6.20 Å². The molecule has 9 N–H and O–H groups in total. The lowest BCUT2D eigenvalue weighted by molar-refractivity contribution is -0.229. The molecule has 0 aliphatic carbocycles. The number of phosphoric acid groups is 3. The largest absolute Gasteiger partial charge is 0.490 e. The molecule has 2 rings (SSSR count). The van der Waals surface area contributed by atoms with E-state index in [9.17, 15) is 38.7 Å². The van der Waals surface area contributed by atoms with Gasteiger partial charge in [0.2, 0.25) is 0 Å². The molecule has 0 saturated carbocycles. The number of nitrogens with two attached hydrogens (primary N) is 1. The molecule has 4 atom stereocenters. The predicted molar refractivity (Wildman–Crippen MR) is 89.0 cm³/mol. The van der Waals surface area contributed by atoms with Crippen molar-refractivity contribution in [2.24, 2.45) is 0 Å². The van der Waals surface area contributed by atoms with E-state index in [2.05, 4.69) is 18.1 Å². The first kappa shape index (κ1) is 25.0. The van der Waals surface area contributed by atoms with Crippen LogP contribution < -0.4 is 16.6 Å². The van der Waals surface area contributed by atoms with Crippen LogP contribution in [0, 0.1) is 0 Å². The second-order valence-corrected chi connectivity index (χ2v) is 9.84. The Balaban J connectivity index is 2.12. The van der Waals surface area contributed by atoms with E-state index in [1.165, 1.54) is 0 Å². The zero-order valence-electron chi connectivity index (χ0n) is 14.2. The van der Waals surface area contributed by atoms with Crippen LogP contribution in [0.25, 0.3) is 0 Å². The van der Waals surface area contributed by atoms with Crippen LogP contribution in [-0.2, 0) is 31.7 Å². The Kier molecular flexibility index (Phi) is 6.95. The van der Waals surface area contributed by atoms with E-state index < -0.39 is 53.9 Å². The number of phosphoric ester groups is 1. The summed E-state index contributed by atoms with van der Waals surface area (Å²) in [5.41, 5.74) is 4.10. The van der Waals surface area contributed by atoms with Gasteiger partial charge < -0.3 is 40.6 Å². The maximum atomic E-state index is 11.8. The molecule has 30 heavy (non-hydrogen) atoms. The van der Waals surface area contributed by atoms with Crippen molar-refractivity contribution in [3.05, 3.63) is 22.7 Å². The lowest BCUT2D eigenvalue weighted by Gasteiger charge is -2.28. The average Bonchev–Trinajstić information content (AvgIpc) is 2.73. The van der Waals surface area contributed by atoms with Gasteiger partial charge in [0.25, 0.3) is 0 Å². The monoisotopic (exact) mass is 500 g/mol. The van der Waals surface area contributed by atoms with Crippen LogP contribution in [0.5, 0.6) is 0 Å². The molecule has 2 unspecified atom stereocenters. The fourth-order valence-electron chi connectivity index (χ4n) is 1.98. The van der Waals surface area contributed by atoms with Crippen molar-refractivity contribution in [2.75, 3.05) is 17.5 Å². The van der Waals surface area contributed by atoms with E-state index >= 15 is 0 Å². The standard InChI is InChI=1S/C8H15N4O15P3/c9-5-1-2-11(7(14)10-5)12-8(15,16)6(13)4(25-12)3-24-29(20,21)27-30(22,23)26-28(17,18)19/h1-2,4,6,13,15-16H,3H2,(H,20,21)(H,22,23)(H2,9,10,14)(H2,17,18,19)/t4-,6-/m1/s1. The Labute approximate surface area is 164 Å². The topological polar surface area (TPSA) is 294 Å². The Morgan fingerprint density at radius 3 is 2.30 bits per heavy atom. The molecular weight excluding hydrogens is 485 g/mol. The number of hydrogen-bond donors (Lipinski definition) is 8. The van der Waals surface area contributed by atoms with Crippen LogP contribution in [0.3, 0.4) is 0 Å². The number of hydrogen-bond acceptors (Lipinski definition) is 14. The van der Waals surface area contributed by atoms with Crippen molar-refractivity contribution in [1.82, 2.24) is 9.66 Å². The van der Waals surface area contributed by atoms with Gasteiger partial charge in [-0.3, -0.25) is 4.52 Å². The van der Waals surface area contributed by atoms with Gasteiger partial charge in [0.15, 0.2) is 6.10 Å². The second kappa shape index (κ2) is 8.34. The Hall–Kier alpha value is -1.27. The number of aromatic nitrogens is 2. The highest BCUT2D eigenvalue weighted by molar-refractivity contribution is 7.66. The van der Waals surface area contributed by atoms with Gasteiger partial charge in [-0.15, -0.1) is 5.17 Å². The third kappa shape index (κ3) is 6.13. The molecule has 2 heterocycles. The van der Waals surface area contributed by atoms with Gasteiger partial charge in [0.05, 0.1) is 6.61 Å². The lowest BCUT2D eigenvalue weighted by Crippen LogP contribution is -2.58. The van der Waals surface area contributed by atoms with Crippen LogP contribution in [0.1, 0.15) is 0 Å². The zero-order chi connectivity index (χ0) is 23.1. The van der Waals surface area contributed by atoms with Gasteiger partial charge in [-0.25, -0.2) is 23.3 Å². The summed E-state index contributed by atoms with van der Waals surface area (Å²) in [7, 11) is -17.0. The second-order valence-electron chi connectivity index (χ2n) is 5.42.